The molecule has 0 amide bonds. The first-order valence-corrected chi connectivity index (χ1v) is 4.44. The minimum absolute atomic E-state index is 0.0200. The second-order valence-corrected chi connectivity index (χ2v) is 3.22. The number of rotatable bonds is 3. The maximum atomic E-state index is 10.5. The maximum absolute atomic E-state index is 10.5. The van der Waals surface area contributed by atoms with Crippen LogP contribution in [0.15, 0.2) is 18.2 Å². The molecule has 80 valence electrons. The van der Waals surface area contributed by atoms with Crippen molar-refractivity contribution in [2.45, 2.75) is 13.5 Å². The second kappa shape index (κ2) is 4.75. The smallest absolute Gasteiger partial charge is 0.302 e. The Hall–Kier alpha value is -1.62. The molecule has 0 aromatic heterocycles. The summed E-state index contributed by atoms with van der Waals surface area (Å²) in [6, 6.07) is 3.99. The summed E-state index contributed by atoms with van der Waals surface area (Å²) in [7, 11) is 0. The van der Waals surface area contributed by atoms with Crippen LogP contribution in [0.1, 0.15) is 12.5 Å². The van der Waals surface area contributed by atoms with E-state index in [1.54, 1.807) is 0 Å². The van der Waals surface area contributed by atoms with E-state index < -0.39 is 10.9 Å². The van der Waals surface area contributed by atoms with Crippen LogP contribution in [0.25, 0.3) is 0 Å². The van der Waals surface area contributed by atoms with Crippen LogP contribution in [0.4, 0.5) is 5.69 Å². The number of esters is 1. The van der Waals surface area contributed by atoms with Gasteiger partial charge in [-0.1, -0.05) is 11.6 Å². The van der Waals surface area contributed by atoms with Crippen molar-refractivity contribution in [2.24, 2.45) is 0 Å². The summed E-state index contributed by atoms with van der Waals surface area (Å²) in [5, 5.41) is 10.6. The molecule has 6 heteroatoms. The zero-order chi connectivity index (χ0) is 11.4. The number of benzene rings is 1. The Morgan fingerprint density at radius 2 is 2.27 bits per heavy atom. The molecule has 0 aliphatic carbocycles. The van der Waals surface area contributed by atoms with Gasteiger partial charge in [-0.25, -0.2) is 0 Å². The van der Waals surface area contributed by atoms with E-state index in [9.17, 15) is 14.9 Å². The van der Waals surface area contributed by atoms with Gasteiger partial charge in [0.2, 0.25) is 0 Å². The SMILES string of the molecule is CC(=O)OCc1ccc([N+](=O)[O-])cc1Cl. The van der Waals surface area contributed by atoms with Crippen LogP contribution in [0.2, 0.25) is 5.02 Å². The molecule has 15 heavy (non-hydrogen) atoms. The number of carbonyl (C=O) groups excluding carboxylic acids is 1. The second-order valence-electron chi connectivity index (χ2n) is 2.81. The number of hydrogen-bond acceptors (Lipinski definition) is 4. The first-order valence-electron chi connectivity index (χ1n) is 4.07. The molecule has 5 nitrogen and oxygen atoms in total. The van der Waals surface area contributed by atoms with E-state index >= 15 is 0 Å². The number of halogens is 1. The van der Waals surface area contributed by atoms with Crippen molar-refractivity contribution < 1.29 is 14.5 Å². The zero-order valence-corrected chi connectivity index (χ0v) is 8.65. The highest BCUT2D eigenvalue weighted by atomic mass is 35.5. The van der Waals surface area contributed by atoms with E-state index in [2.05, 4.69) is 0 Å². The molecule has 0 aliphatic heterocycles. The minimum Gasteiger partial charge on any atom is -0.461 e. The Labute approximate surface area is 90.8 Å². The van der Waals surface area contributed by atoms with Crippen molar-refractivity contribution in [1.29, 1.82) is 0 Å². The molecule has 1 aromatic rings. The number of carbonyl (C=O) groups is 1. The molecule has 0 saturated carbocycles. The van der Waals surface area contributed by atoms with Gasteiger partial charge in [-0.05, 0) is 6.07 Å². The van der Waals surface area contributed by atoms with Gasteiger partial charge in [0.1, 0.15) is 6.61 Å². The molecular formula is C9H8ClNO4. The van der Waals surface area contributed by atoms with Crippen LogP contribution < -0.4 is 0 Å². The van der Waals surface area contributed by atoms with E-state index in [1.165, 1.54) is 25.1 Å². The number of nitrogens with zero attached hydrogens (tertiary/aromatic N) is 1. The molecule has 0 N–H and O–H groups in total. The van der Waals surface area contributed by atoms with E-state index in [0.29, 0.717) is 5.56 Å². The molecule has 0 spiro atoms. The fraction of sp³-hybridized carbons (Fsp3) is 0.222. The third-order valence-corrected chi connectivity index (χ3v) is 2.03. The largest absolute Gasteiger partial charge is 0.461 e. The Morgan fingerprint density at radius 1 is 1.60 bits per heavy atom. The van der Waals surface area contributed by atoms with Crippen LogP contribution in [0.3, 0.4) is 0 Å². The van der Waals surface area contributed by atoms with Crippen molar-refractivity contribution in [3.8, 4) is 0 Å². The fourth-order valence-corrected chi connectivity index (χ4v) is 1.18. The van der Waals surface area contributed by atoms with Crippen LogP contribution in [0, 0.1) is 10.1 Å². The summed E-state index contributed by atoms with van der Waals surface area (Å²) < 4.78 is 4.72. The standard InChI is InChI=1S/C9H8ClNO4/c1-6(12)15-5-7-2-3-8(11(13)14)4-9(7)10/h2-4H,5H2,1H3. The molecule has 1 aromatic carbocycles. The molecular weight excluding hydrogens is 222 g/mol. The third kappa shape index (κ3) is 3.21. The summed E-state index contributed by atoms with van der Waals surface area (Å²) in [5.74, 6) is -0.426. The molecule has 1 rings (SSSR count). The lowest BCUT2D eigenvalue weighted by Gasteiger charge is -2.03. The Balaban J connectivity index is 2.83. The average molecular weight is 230 g/mol. The monoisotopic (exact) mass is 229 g/mol. The maximum Gasteiger partial charge on any atom is 0.302 e. The van der Waals surface area contributed by atoms with Crippen molar-refractivity contribution >= 4 is 23.3 Å². The van der Waals surface area contributed by atoms with Gasteiger partial charge in [0.25, 0.3) is 5.69 Å². The lowest BCUT2D eigenvalue weighted by atomic mass is 10.2. The number of non-ortho nitro benzene ring substituents is 1. The van der Waals surface area contributed by atoms with E-state index in [4.69, 9.17) is 16.3 Å². The average Bonchev–Trinajstić information content (AvgIpc) is 2.15. The van der Waals surface area contributed by atoms with Gasteiger partial charge < -0.3 is 4.74 Å². The zero-order valence-electron chi connectivity index (χ0n) is 7.90. The topological polar surface area (TPSA) is 69.4 Å². The highest BCUT2D eigenvalue weighted by molar-refractivity contribution is 6.31. The van der Waals surface area contributed by atoms with Gasteiger partial charge in [-0.2, -0.15) is 0 Å². The van der Waals surface area contributed by atoms with Gasteiger partial charge in [-0.15, -0.1) is 0 Å². The van der Waals surface area contributed by atoms with Gasteiger partial charge in [0, 0.05) is 24.6 Å². The fourth-order valence-electron chi connectivity index (χ4n) is 0.946. The quantitative estimate of drug-likeness (QED) is 0.453. The molecule has 0 atom stereocenters. The number of hydrogen-bond donors (Lipinski definition) is 0. The molecule has 0 bridgehead atoms. The van der Waals surface area contributed by atoms with Crippen molar-refractivity contribution in [2.75, 3.05) is 0 Å². The Morgan fingerprint density at radius 3 is 2.73 bits per heavy atom. The normalized spacial score (nSPS) is 9.73. The van der Waals surface area contributed by atoms with Crippen molar-refractivity contribution in [3.05, 3.63) is 38.9 Å². The van der Waals surface area contributed by atoms with Crippen molar-refractivity contribution in [3.63, 3.8) is 0 Å². The highest BCUT2D eigenvalue weighted by Gasteiger charge is 2.09. The molecule has 0 fully saturated rings. The Bertz CT molecular complexity index is 405. The molecule has 0 unspecified atom stereocenters. The summed E-state index contributed by atoms with van der Waals surface area (Å²) in [5.41, 5.74) is 0.448. The van der Waals surface area contributed by atoms with E-state index in [0.717, 1.165) is 0 Å². The number of nitro groups is 1. The highest BCUT2D eigenvalue weighted by Crippen LogP contribution is 2.22. The van der Waals surface area contributed by atoms with Gasteiger partial charge in [0.05, 0.1) is 9.95 Å². The van der Waals surface area contributed by atoms with Gasteiger partial charge in [0.15, 0.2) is 0 Å². The molecule has 0 radical (unpaired) electrons. The summed E-state index contributed by atoms with van der Waals surface area (Å²) in [6.45, 7) is 1.30. The first-order chi connectivity index (χ1) is 7.00. The van der Waals surface area contributed by atoms with Crippen LogP contribution in [-0.4, -0.2) is 10.9 Å². The summed E-state index contributed by atoms with van der Waals surface area (Å²) in [4.78, 5) is 20.4. The van der Waals surface area contributed by atoms with Crippen molar-refractivity contribution in [1.82, 2.24) is 0 Å². The third-order valence-electron chi connectivity index (χ3n) is 1.68. The van der Waals surface area contributed by atoms with Gasteiger partial charge in [-0.3, -0.25) is 14.9 Å². The summed E-state index contributed by atoms with van der Waals surface area (Å²) in [6.07, 6.45) is 0. The number of nitro benzene ring substituents is 1. The van der Waals surface area contributed by atoms with Gasteiger partial charge >= 0.3 is 5.97 Å². The van der Waals surface area contributed by atoms with Crippen LogP contribution >= 0.6 is 11.6 Å². The Kier molecular flexibility index (Phi) is 3.62. The molecule has 0 aliphatic rings. The number of ether oxygens (including phenoxy) is 1. The van der Waals surface area contributed by atoms with Crippen LogP contribution in [-0.2, 0) is 16.1 Å². The van der Waals surface area contributed by atoms with E-state index in [-0.39, 0.29) is 17.3 Å². The molecule has 0 heterocycles. The minimum atomic E-state index is -0.540. The lowest BCUT2D eigenvalue weighted by molar-refractivity contribution is -0.384. The summed E-state index contributed by atoms with van der Waals surface area (Å²) >= 11 is 5.76. The van der Waals surface area contributed by atoms with E-state index in [1.807, 2.05) is 0 Å². The lowest BCUT2D eigenvalue weighted by Crippen LogP contribution is -1.99. The predicted molar refractivity (Wildman–Crippen MR) is 53.6 cm³/mol. The first kappa shape index (κ1) is 11.5. The predicted octanol–water partition coefficient (Wildman–Crippen LogP) is 2.31. The van der Waals surface area contributed by atoms with Crippen LogP contribution in [0.5, 0.6) is 0 Å². The molecule has 0 saturated heterocycles.